The van der Waals surface area contributed by atoms with E-state index in [9.17, 15) is 4.79 Å². The van der Waals surface area contributed by atoms with Gasteiger partial charge in [-0.2, -0.15) is 0 Å². The first-order chi connectivity index (χ1) is 14.7. The lowest BCUT2D eigenvalue weighted by Gasteiger charge is -2.11. The van der Waals surface area contributed by atoms with Crippen LogP contribution in [0.1, 0.15) is 16.7 Å². The SMILES string of the molecule is Cc1ccccc1CSc1nnc2n(Cc3ccccc3)c(=O)c3ccccc3n12. The van der Waals surface area contributed by atoms with Crippen LogP contribution in [0.25, 0.3) is 16.7 Å². The quantitative estimate of drug-likeness (QED) is 0.393. The lowest BCUT2D eigenvalue weighted by atomic mass is 10.1. The van der Waals surface area contributed by atoms with Crippen LogP contribution in [-0.2, 0) is 12.3 Å². The number of aryl methyl sites for hydroxylation is 1. The molecule has 0 saturated carbocycles. The number of hydrogen-bond donors (Lipinski definition) is 0. The van der Waals surface area contributed by atoms with Crippen LogP contribution in [-0.4, -0.2) is 19.2 Å². The number of thioether (sulfide) groups is 1. The molecular weight excluding hydrogens is 392 g/mol. The number of aromatic nitrogens is 4. The second kappa shape index (κ2) is 7.80. The molecule has 0 fully saturated rings. The van der Waals surface area contributed by atoms with E-state index in [0.29, 0.717) is 17.7 Å². The Hall–Kier alpha value is -3.38. The predicted molar refractivity (Wildman–Crippen MR) is 121 cm³/mol. The Morgan fingerprint density at radius 1 is 0.867 bits per heavy atom. The van der Waals surface area contributed by atoms with Gasteiger partial charge in [-0.05, 0) is 35.7 Å². The second-order valence-electron chi connectivity index (χ2n) is 7.23. The molecule has 0 unspecified atom stereocenters. The largest absolute Gasteiger partial charge is 0.272 e. The number of rotatable bonds is 5. The molecule has 0 aliphatic rings. The van der Waals surface area contributed by atoms with E-state index in [0.717, 1.165) is 22.0 Å². The van der Waals surface area contributed by atoms with Crippen LogP contribution in [0.4, 0.5) is 0 Å². The summed E-state index contributed by atoms with van der Waals surface area (Å²) in [6, 6.07) is 26.0. The third-order valence-corrected chi connectivity index (χ3v) is 6.26. The monoisotopic (exact) mass is 412 g/mol. The minimum Gasteiger partial charge on any atom is -0.272 e. The molecule has 30 heavy (non-hydrogen) atoms. The Kier molecular flexibility index (Phi) is 4.85. The molecule has 0 radical (unpaired) electrons. The molecule has 0 spiro atoms. The molecule has 0 aliphatic heterocycles. The predicted octanol–water partition coefficient (Wildman–Crippen LogP) is 4.69. The van der Waals surface area contributed by atoms with Crippen LogP contribution < -0.4 is 5.56 Å². The van der Waals surface area contributed by atoms with Crippen molar-refractivity contribution in [1.82, 2.24) is 19.2 Å². The van der Waals surface area contributed by atoms with Gasteiger partial charge in [-0.25, -0.2) is 0 Å². The van der Waals surface area contributed by atoms with Crippen LogP contribution in [0.3, 0.4) is 0 Å². The first-order valence-electron chi connectivity index (χ1n) is 9.80. The summed E-state index contributed by atoms with van der Waals surface area (Å²) >= 11 is 1.63. The number of hydrogen-bond acceptors (Lipinski definition) is 4. The number of benzene rings is 3. The first-order valence-corrected chi connectivity index (χ1v) is 10.8. The van der Waals surface area contributed by atoms with Crippen molar-refractivity contribution in [3.8, 4) is 0 Å². The van der Waals surface area contributed by atoms with Gasteiger partial charge in [-0.15, -0.1) is 10.2 Å². The van der Waals surface area contributed by atoms with Crippen molar-refractivity contribution >= 4 is 28.4 Å². The minimum absolute atomic E-state index is 0.0511. The van der Waals surface area contributed by atoms with Crippen molar-refractivity contribution in [3.05, 3.63) is 106 Å². The van der Waals surface area contributed by atoms with E-state index >= 15 is 0 Å². The first kappa shape index (κ1) is 18.6. The van der Waals surface area contributed by atoms with Gasteiger partial charge in [0.15, 0.2) is 5.16 Å². The Bertz CT molecular complexity index is 1410. The van der Waals surface area contributed by atoms with Crippen molar-refractivity contribution < 1.29 is 0 Å². The van der Waals surface area contributed by atoms with Crippen molar-refractivity contribution in [1.29, 1.82) is 0 Å². The van der Waals surface area contributed by atoms with E-state index in [-0.39, 0.29) is 5.56 Å². The highest BCUT2D eigenvalue weighted by molar-refractivity contribution is 7.98. The van der Waals surface area contributed by atoms with Gasteiger partial charge in [0.1, 0.15) is 0 Å². The molecule has 5 rings (SSSR count). The molecule has 2 aromatic heterocycles. The highest BCUT2D eigenvalue weighted by atomic mass is 32.2. The zero-order chi connectivity index (χ0) is 20.5. The molecular formula is C24H20N4OS. The van der Waals surface area contributed by atoms with E-state index in [1.54, 1.807) is 16.3 Å². The van der Waals surface area contributed by atoms with Crippen LogP contribution >= 0.6 is 11.8 Å². The highest BCUT2D eigenvalue weighted by Gasteiger charge is 2.17. The van der Waals surface area contributed by atoms with Crippen LogP contribution in [0.2, 0.25) is 0 Å². The molecule has 148 valence electrons. The third-order valence-electron chi connectivity index (χ3n) is 5.28. The molecule has 2 heterocycles. The summed E-state index contributed by atoms with van der Waals surface area (Å²) in [6.07, 6.45) is 0. The van der Waals surface area contributed by atoms with Crippen LogP contribution in [0.15, 0.2) is 88.8 Å². The molecule has 0 aliphatic carbocycles. The van der Waals surface area contributed by atoms with Gasteiger partial charge in [0.2, 0.25) is 5.78 Å². The molecule has 5 nitrogen and oxygen atoms in total. The summed E-state index contributed by atoms with van der Waals surface area (Å²) < 4.78 is 3.71. The summed E-state index contributed by atoms with van der Waals surface area (Å²) in [5.74, 6) is 1.36. The standard InChI is InChI=1S/C24H20N4OS/c1-17-9-5-6-12-19(17)16-30-24-26-25-23-27(15-18-10-3-2-4-11-18)22(29)20-13-7-8-14-21(20)28(23)24/h2-14H,15-16H2,1H3. The lowest BCUT2D eigenvalue weighted by Crippen LogP contribution is -2.24. The maximum atomic E-state index is 13.3. The average Bonchev–Trinajstić information content (AvgIpc) is 3.21. The Balaban J connectivity index is 1.65. The number of nitrogens with zero attached hydrogens (tertiary/aromatic N) is 4. The van der Waals surface area contributed by atoms with E-state index in [1.165, 1.54) is 11.1 Å². The van der Waals surface area contributed by atoms with Crippen LogP contribution in [0.5, 0.6) is 0 Å². The van der Waals surface area contributed by atoms with Gasteiger partial charge in [0.05, 0.1) is 17.4 Å². The van der Waals surface area contributed by atoms with Gasteiger partial charge in [0, 0.05) is 5.75 Å². The van der Waals surface area contributed by atoms with Crippen LogP contribution in [0, 0.1) is 6.92 Å². The summed E-state index contributed by atoms with van der Waals surface area (Å²) in [5, 5.41) is 10.3. The molecule has 3 aromatic carbocycles. The molecule has 0 bridgehead atoms. The Labute approximate surface area is 178 Å². The maximum absolute atomic E-state index is 13.3. The molecule has 0 atom stereocenters. The van der Waals surface area contributed by atoms with Crippen molar-refractivity contribution in [2.75, 3.05) is 0 Å². The Morgan fingerprint density at radius 2 is 1.60 bits per heavy atom. The normalized spacial score (nSPS) is 11.4. The van der Waals surface area contributed by atoms with Crippen molar-refractivity contribution in [2.45, 2.75) is 24.4 Å². The fraction of sp³-hybridized carbons (Fsp3) is 0.125. The number of fused-ring (bicyclic) bond motifs is 3. The second-order valence-corrected chi connectivity index (χ2v) is 8.17. The smallest absolute Gasteiger partial charge is 0.263 e. The zero-order valence-electron chi connectivity index (χ0n) is 16.5. The maximum Gasteiger partial charge on any atom is 0.263 e. The minimum atomic E-state index is -0.0511. The zero-order valence-corrected chi connectivity index (χ0v) is 17.3. The third kappa shape index (κ3) is 3.29. The fourth-order valence-corrected chi connectivity index (χ4v) is 4.67. The fourth-order valence-electron chi connectivity index (χ4n) is 3.65. The van der Waals surface area contributed by atoms with E-state index < -0.39 is 0 Å². The summed E-state index contributed by atoms with van der Waals surface area (Å²) in [5.41, 5.74) is 4.35. The molecule has 5 aromatic rings. The van der Waals surface area contributed by atoms with Gasteiger partial charge < -0.3 is 0 Å². The lowest BCUT2D eigenvalue weighted by molar-refractivity contribution is 0.764. The Morgan fingerprint density at radius 3 is 2.43 bits per heavy atom. The van der Waals surface area contributed by atoms with Gasteiger partial charge in [-0.3, -0.25) is 13.8 Å². The van der Waals surface area contributed by atoms with Crippen molar-refractivity contribution in [3.63, 3.8) is 0 Å². The van der Waals surface area contributed by atoms with E-state index in [4.69, 9.17) is 0 Å². The summed E-state index contributed by atoms with van der Waals surface area (Å²) in [4.78, 5) is 13.3. The molecule has 0 saturated heterocycles. The molecule has 0 N–H and O–H groups in total. The molecule has 6 heteroatoms. The summed E-state index contributed by atoms with van der Waals surface area (Å²) in [6.45, 7) is 2.57. The van der Waals surface area contributed by atoms with Gasteiger partial charge in [-0.1, -0.05) is 78.5 Å². The highest BCUT2D eigenvalue weighted by Crippen LogP contribution is 2.26. The molecule has 0 amide bonds. The number of para-hydroxylation sites is 1. The van der Waals surface area contributed by atoms with Gasteiger partial charge in [0.25, 0.3) is 5.56 Å². The summed E-state index contributed by atoms with van der Waals surface area (Å²) in [7, 11) is 0. The van der Waals surface area contributed by atoms with E-state index in [2.05, 4.69) is 35.3 Å². The topological polar surface area (TPSA) is 52.2 Å². The average molecular weight is 413 g/mol. The van der Waals surface area contributed by atoms with Crippen molar-refractivity contribution in [2.24, 2.45) is 0 Å². The van der Waals surface area contributed by atoms with E-state index in [1.807, 2.05) is 65.1 Å². The van der Waals surface area contributed by atoms with Gasteiger partial charge >= 0.3 is 0 Å².